The van der Waals surface area contributed by atoms with E-state index in [1.165, 1.54) is 6.33 Å². The van der Waals surface area contributed by atoms with E-state index in [1.54, 1.807) is 11.0 Å². The molecule has 0 bridgehead atoms. The molecule has 0 N–H and O–H groups in total. The van der Waals surface area contributed by atoms with Crippen molar-refractivity contribution in [1.29, 1.82) is 0 Å². The lowest BCUT2D eigenvalue weighted by atomic mass is 10.1. The second-order valence-corrected chi connectivity index (χ2v) is 5.98. The highest BCUT2D eigenvalue weighted by molar-refractivity contribution is 6.30. The first-order chi connectivity index (χ1) is 10.7. The second-order valence-electron chi connectivity index (χ2n) is 5.55. The third kappa shape index (κ3) is 3.32. The van der Waals surface area contributed by atoms with Crippen LogP contribution in [0.1, 0.15) is 31.7 Å². The van der Waals surface area contributed by atoms with Gasteiger partial charge in [0, 0.05) is 10.6 Å². The van der Waals surface area contributed by atoms with E-state index in [0.29, 0.717) is 18.2 Å². The number of benzene rings is 1. The summed E-state index contributed by atoms with van der Waals surface area (Å²) < 4.78 is 14.1. The maximum Gasteiger partial charge on any atom is 0.215 e. The van der Waals surface area contributed by atoms with Crippen LogP contribution in [0.2, 0.25) is 5.02 Å². The number of hydrogen-bond donors (Lipinski definition) is 0. The molecule has 5 nitrogen and oxygen atoms in total. The molecule has 1 aromatic heterocycles. The Morgan fingerprint density at radius 2 is 2.18 bits per heavy atom. The third-order valence-electron chi connectivity index (χ3n) is 3.86. The van der Waals surface area contributed by atoms with Crippen molar-refractivity contribution in [1.82, 2.24) is 14.8 Å². The zero-order valence-electron chi connectivity index (χ0n) is 12.6. The van der Waals surface area contributed by atoms with Gasteiger partial charge in [0.2, 0.25) is 5.79 Å². The molecule has 1 aromatic carbocycles. The number of nitrogens with zero attached hydrogens (tertiary/aromatic N) is 3. The first kappa shape index (κ1) is 15.5. The average Bonchev–Trinajstić information content (AvgIpc) is 3.17. The highest BCUT2D eigenvalue weighted by atomic mass is 35.5. The van der Waals surface area contributed by atoms with Gasteiger partial charge in [0.25, 0.3) is 0 Å². The van der Waals surface area contributed by atoms with Crippen LogP contribution in [-0.4, -0.2) is 27.5 Å². The fourth-order valence-corrected chi connectivity index (χ4v) is 2.82. The molecule has 2 atom stereocenters. The predicted molar refractivity (Wildman–Crippen MR) is 83.5 cm³/mol. The molecule has 2 heterocycles. The number of ether oxygens (including phenoxy) is 2. The monoisotopic (exact) mass is 321 g/mol. The van der Waals surface area contributed by atoms with Gasteiger partial charge in [0.15, 0.2) is 0 Å². The van der Waals surface area contributed by atoms with E-state index in [-0.39, 0.29) is 6.10 Å². The summed E-state index contributed by atoms with van der Waals surface area (Å²) in [6.07, 6.45) is 6.58. The zero-order valence-corrected chi connectivity index (χ0v) is 13.4. The first-order valence-corrected chi connectivity index (χ1v) is 8.00. The molecule has 1 fully saturated rings. The lowest BCUT2D eigenvalue weighted by molar-refractivity contribution is -0.189. The molecule has 0 amide bonds. The van der Waals surface area contributed by atoms with E-state index < -0.39 is 5.79 Å². The molecule has 1 aliphatic heterocycles. The summed E-state index contributed by atoms with van der Waals surface area (Å²) in [4.78, 5) is 3.99. The quantitative estimate of drug-likeness (QED) is 0.818. The molecular weight excluding hydrogens is 302 g/mol. The van der Waals surface area contributed by atoms with Crippen molar-refractivity contribution in [2.45, 2.75) is 44.6 Å². The average molecular weight is 322 g/mol. The smallest absolute Gasteiger partial charge is 0.215 e. The molecule has 0 saturated carbocycles. The number of halogens is 1. The van der Waals surface area contributed by atoms with Crippen LogP contribution in [0.5, 0.6) is 0 Å². The topological polar surface area (TPSA) is 49.2 Å². The molecule has 2 unspecified atom stereocenters. The Balaban J connectivity index is 1.84. The van der Waals surface area contributed by atoms with Crippen molar-refractivity contribution in [2.24, 2.45) is 0 Å². The minimum Gasteiger partial charge on any atom is -0.342 e. The summed E-state index contributed by atoms with van der Waals surface area (Å²) in [5, 5.41) is 4.87. The largest absolute Gasteiger partial charge is 0.342 e. The molecule has 0 spiro atoms. The van der Waals surface area contributed by atoms with Gasteiger partial charge in [-0.3, -0.25) is 0 Å². The van der Waals surface area contributed by atoms with E-state index in [0.717, 1.165) is 24.8 Å². The van der Waals surface area contributed by atoms with Gasteiger partial charge in [0.1, 0.15) is 19.2 Å². The van der Waals surface area contributed by atoms with Crippen LogP contribution in [0.4, 0.5) is 0 Å². The number of aromatic nitrogens is 3. The SMILES string of the molecule is CCCCC1COC(Cn2cncn2)(c2ccc(Cl)cc2)O1. The molecular formula is C16H20ClN3O2. The molecule has 118 valence electrons. The fraction of sp³-hybridized carbons (Fsp3) is 0.500. The molecule has 22 heavy (non-hydrogen) atoms. The Morgan fingerprint density at radius 1 is 1.36 bits per heavy atom. The lowest BCUT2D eigenvalue weighted by Crippen LogP contribution is -2.33. The van der Waals surface area contributed by atoms with Gasteiger partial charge in [-0.25, -0.2) is 9.67 Å². The Hall–Kier alpha value is -1.43. The van der Waals surface area contributed by atoms with E-state index in [9.17, 15) is 0 Å². The molecule has 0 aliphatic carbocycles. The third-order valence-corrected chi connectivity index (χ3v) is 4.11. The Bertz CT molecular complexity index is 588. The van der Waals surface area contributed by atoms with Gasteiger partial charge in [-0.05, 0) is 18.6 Å². The molecule has 3 rings (SSSR count). The summed E-state index contributed by atoms with van der Waals surface area (Å²) >= 11 is 5.99. The van der Waals surface area contributed by atoms with Crippen LogP contribution in [0.25, 0.3) is 0 Å². The number of unbranched alkanes of at least 4 members (excludes halogenated alkanes) is 1. The summed E-state index contributed by atoms with van der Waals surface area (Å²) in [6.45, 7) is 3.24. The van der Waals surface area contributed by atoms with Crippen LogP contribution >= 0.6 is 11.6 Å². The summed E-state index contributed by atoms with van der Waals surface area (Å²) in [6, 6.07) is 7.60. The Labute approximate surface area is 135 Å². The molecule has 0 radical (unpaired) electrons. The van der Waals surface area contributed by atoms with Crippen LogP contribution < -0.4 is 0 Å². The maximum atomic E-state index is 6.30. The van der Waals surface area contributed by atoms with Crippen LogP contribution in [0.15, 0.2) is 36.9 Å². The van der Waals surface area contributed by atoms with Crippen LogP contribution in [-0.2, 0) is 21.8 Å². The van der Waals surface area contributed by atoms with Crippen molar-refractivity contribution in [2.75, 3.05) is 6.61 Å². The summed E-state index contributed by atoms with van der Waals surface area (Å²) in [5.41, 5.74) is 0.950. The van der Waals surface area contributed by atoms with Crippen molar-refractivity contribution < 1.29 is 9.47 Å². The zero-order chi connectivity index (χ0) is 15.4. The van der Waals surface area contributed by atoms with Gasteiger partial charge in [0.05, 0.1) is 12.7 Å². The fourth-order valence-electron chi connectivity index (χ4n) is 2.70. The summed E-state index contributed by atoms with van der Waals surface area (Å²) in [5.74, 6) is -0.823. The van der Waals surface area contributed by atoms with Crippen molar-refractivity contribution in [3.05, 3.63) is 47.5 Å². The highest BCUT2D eigenvalue weighted by Gasteiger charge is 2.43. The number of rotatable bonds is 6. The lowest BCUT2D eigenvalue weighted by Gasteiger charge is -2.28. The van der Waals surface area contributed by atoms with Crippen molar-refractivity contribution in [3.63, 3.8) is 0 Å². The van der Waals surface area contributed by atoms with Crippen molar-refractivity contribution >= 4 is 11.6 Å². The van der Waals surface area contributed by atoms with Gasteiger partial charge in [-0.1, -0.05) is 43.5 Å². The van der Waals surface area contributed by atoms with Gasteiger partial charge >= 0.3 is 0 Å². The maximum absolute atomic E-state index is 6.30. The van der Waals surface area contributed by atoms with Crippen LogP contribution in [0, 0.1) is 0 Å². The standard InChI is InChI=1S/C16H20ClN3O2/c1-2-3-4-15-9-21-16(22-15,10-20-12-18-11-19-20)13-5-7-14(17)8-6-13/h5-8,11-12,15H,2-4,9-10H2,1H3. The van der Waals surface area contributed by atoms with Crippen LogP contribution in [0.3, 0.4) is 0 Å². The van der Waals surface area contributed by atoms with Crippen molar-refractivity contribution in [3.8, 4) is 0 Å². The van der Waals surface area contributed by atoms with E-state index in [2.05, 4.69) is 17.0 Å². The second kappa shape index (κ2) is 6.77. The van der Waals surface area contributed by atoms with E-state index in [4.69, 9.17) is 21.1 Å². The molecule has 1 aliphatic rings. The Kier molecular flexibility index (Phi) is 4.76. The Morgan fingerprint density at radius 3 is 2.86 bits per heavy atom. The predicted octanol–water partition coefficient (Wildman–Crippen LogP) is 3.39. The molecule has 1 saturated heterocycles. The van der Waals surface area contributed by atoms with E-state index in [1.807, 2.05) is 24.3 Å². The highest BCUT2D eigenvalue weighted by Crippen LogP contribution is 2.37. The van der Waals surface area contributed by atoms with Gasteiger partial charge < -0.3 is 9.47 Å². The number of hydrogen-bond acceptors (Lipinski definition) is 4. The van der Waals surface area contributed by atoms with Gasteiger partial charge in [-0.2, -0.15) is 5.10 Å². The summed E-state index contributed by atoms with van der Waals surface area (Å²) in [7, 11) is 0. The first-order valence-electron chi connectivity index (χ1n) is 7.62. The van der Waals surface area contributed by atoms with E-state index >= 15 is 0 Å². The minimum absolute atomic E-state index is 0.110. The van der Waals surface area contributed by atoms with Gasteiger partial charge in [-0.15, -0.1) is 0 Å². The minimum atomic E-state index is -0.823. The molecule has 6 heteroatoms. The normalized spacial score (nSPS) is 24.7. The molecule has 2 aromatic rings.